The van der Waals surface area contributed by atoms with E-state index in [-0.39, 0.29) is 24.5 Å². The smallest absolute Gasteiger partial charge is 0.405 e. The fourth-order valence-corrected chi connectivity index (χ4v) is 4.76. The van der Waals surface area contributed by atoms with Crippen LogP contribution in [0.2, 0.25) is 0 Å². The Hall–Kier alpha value is -2.62. The van der Waals surface area contributed by atoms with E-state index in [2.05, 4.69) is 5.32 Å². The Kier molecular flexibility index (Phi) is 5.34. The van der Waals surface area contributed by atoms with Crippen LogP contribution in [-0.2, 0) is 29.3 Å². The van der Waals surface area contributed by atoms with Gasteiger partial charge >= 0.3 is 18.1 Å². The number of rotatable bonds is 4. The van der Waals surface area contributed by atoms with Crippen molar-refractivity contribution in [2.45, 2.75) is 43.9 Å². The van der Waals surface area contributed by atoms with Crippen LogP contribution in [0.3, 0.4) is 0 Å². The zero-order valence-electron chi connectivity index (χ0n) is 17.0. The van der Waals surface area contributed by atoms with Gasteiger partial charge in [-0.3, -0.25) is 10.1 Å². The molecule has 0 bridgehead atoms. The maximum atomic E-state index is 14.3. The fraction of sp³-hybridized carbons (Fsp3) is 0.550. The van der Waals surface area contributed by atoms with Gasteiger partial charge in [-0.2, -0.15) is 13.2 Å². The molecule has 164 valence electrons. The third kappa shape index (κ3) is 2.65. The number of fused-ring (bicyclic) bond motifs is 2. The van der Waals surface area contributed by atoms with Gasteiger partial charge in [0.25, 0.3) is 0 Å². The summed E-state index contributed by atoms with van der Waals surface area (Å²) >= 11 is 0. The molecule has 1 saturated heterocycles. The SMILES string of the molecule is CCOC(=O)C1(C(=O)OCC)N[C@@H](C(F)(F)F)[C@@]2(C(=O)N(C)c3ccccc32)C1C. The summed E-state index contributed by atoms with van der Waals surface area (Å²) in [5.41, 5.74) is -4.37. The number of hydrogen-bond acceptors (Lipinski definition) is 6. The largest absolute Gasteiger partial charge is 0.464 e. The van der Waals surface area contributed by atoms with E-state index in [1.807, 2.05) is 0 Å². The summed E-state index contributed by atoms with van der Waals surface area (Å²) in [4.78, 5) is 40.4. The number of ether oxygens (including phenoxy) is 2. The summed E-state index contributed by atoms with van der Waals surface area (Å²) < 4.78 is 53.0. The molecular formula is C20H23F3N2O5. The average molecular weight is 428 g/mol. The molecular weight excluding hydrogens is 405 g/mol. The molecule has 1 N–H and O–H groups in total. The summed E-state index contributed by atoms with van der Waals surface area (Å²) in [6.07, 6.45) is -4.96. The molecule has 3 rings (SSSR count). The molecule has 0 radical (unpaired) electrons. The highest BCUT2D eigenvalue weighted by Crippen LogP contribution is 2.58. The molecule has 1 amide bonds. The van der Waals surface area contributed by atoms with Gasteiger partial charge in [0.15, 0.2) is 0 Å². The molecule has 1 aromatic rings. The molecule has 0 aliphatic carbocycles. The van der Waals surface area contributed by atoms with E-state index in [9.17, 15) is 27.6 Å². The zero-order valence-corrected chi connectivity index (χ0v) is 17.0. The summed E-state index contributed by atoms with van der Waals surface area (Å²) in [5, 5.41) is 2.17. The summed E-state index contributed by atoms with van der Waals surface area (Å²) in [7, 11) is 1.37. The van der Waals surface area contributed by atoms with Gasteiger partial charge in [-0.05, 0) is 25.5 Å². The van der Waals surface area contributed by atoms with Crippen LogP contribution in [0, 0.1) is 5.92 Å². The van der Waals surface area contributed by atoms with Crippen LogP contribution < -0.4 is 10.2 Å². The van der Waals surface area contributed by atoms with Gasteiger partial charge in [0, 0.05) is 18.7 Å². The first-order valence-corrected chi connectivity index (χ1v) is 9.57. The van der Waals surface area contributed by atoms with Crippen LogP contribution in [-0.4, -0.2) is 55.9 Å². The topological polar surface area (TPSA) is 84.9 Å². The van der Waals surface area contributed by atoms with E-state index in [1.165, 1.54) is 46.0 Å². The number of nitrogens with one attached hydrogen (secondary N) is 1. The molecule has 10 heteroatoms. The zero-order chi connectivity index (χ0) is 22.5. The predicted octanol–water partition coefficient (Wildman–Crippen LogP) is 1.94. The number of hydrogen-bond donors (Lipinski definition) is 1. The van der Waals surface area contributed by atoms with Gasteiger partial charge in [-0.15, -0.1) is 0 Å². The van der Waals surface area contributed by atoms with Crippen LogP contribution in [0.5, 0.6) is 0 Å². The lowest BCUT2D eigenvalue weighted by Crippen LogP contribution is -2.62. The number of alkyl halides is 3. The standard InChI is InChI=1S/C20H23F3N2O5/c1-5-29-16(27)19(17(28)30-6-2)11(3)18(14(24-19)20(21,22)23)12-9-7-8-10-13(12)25(4)15(18)26/h7-11,14,24H,5-6H2,1-4H3/t11?,14-,18-/m1/s1. The number of halogens is 3. The molecule has 3 atom stereocenters. The molecule has 7 nitrogen and oxygen atoms in total. The lowest BCUT2D eigenvalue weighted by atomic mass is 9.64. The molecule has 1 spiro atoms. The van der Waals surface area contributed by atoms with E-state index in [0.717, 1.165) is 4.90 Å². The van der Waals surface area contributed by atoms with Crippen molar-refractivity contribution in [2.24, 2.45) is 5.92 Å². The van der Waals surface area contributed by atoms with Crippen molar-refractivity contribution in [1.82, 2.24) is 5.32 Å². The Morgan fingerprint density at radius 3 is 2.17 bits per heavy atom. The normalized spacial score (nSPS) is 27.3. The average Bonchev–Trinajstić information content (AvgIpc) is 3.09. The maximum absolute atomic E-state index is 14.3. The van der Waals surface area contributed by atoms with E-state index >= 15 is 0 Å². The molecule has 30 heavy (non-hydrogen) atoms. The van der Waals surface area contributed by atoms with Crippen LogP contribution in [0.4, 0.5) is 18.9 Å². The van der Waals surface area contributed by atoms with Crippen LogP contribution in [0.25, 0.3) is 0 Å². The maximum Gasteiger partial charge on any atom is 0.405 e. The highest BCUT2D eigenvalue weighted by molar-refractivity contribution is 6.13. The first-order chi connectivity index (χ1) is 14.0. The van der Waals surface area contributed by atoms with Gasteiger partial charge in [-0.1, -0.05) is 25.1 Å². The lowest BCUT2D eigenvalue weighted by Gasteiger charge is -2.35. The molecule has 2 aliphatic heterocycles. The van der Waals surface area contributed by atoms with Crippen molar-refractivity contribution in [3.05, 3.63) is 29.8 Å². The molecule has 1 fully saturated rings. The minimum atomic E-state index is -4.96. The molecule has 0 aromatic heterocycles. The van der Waals surface area contributed by atoms with Gasteiger partial charge in [0.1, 0.15) is 11.5 Å². The van der Waals surface area contributed by atoms with E-state index in [1.54, 1.807) is 6.07 Å². The Balaban J connectivity index is 2.34. The van der Waals surface area contributed by atoms with Gasteiger partial charge < -0.3 is 14.4 Å². The number of carbonyl (C=O) groups is 3. The second-order valence-electron chi connectivity index (χ2n) is 7.34. The number of para-hydroxylation sites is 1. The van der Waals surface area contributed by atoms with Gasteiger partial charge in [-0.25, -0.2) is 9.59 Å². The number of carbonyl (C=O) groups excluding carboxylic acids is 3. The first-order valence-electron chi connectivity index (χ1n) is 9.57. The Morgan fingerprint density at radius 2 is 1.67 bits per heavy atom. The van der Waals surface area contributed by atoms with E-state index < -0.39 is 46.9 Å². The van der Waals surface area contributed by atoms with Crippen molar-refractivity contribution in [3.8, 4) is 0 Å². The van der Waals surface area contributed by atoms with Crippen LogP contribution in [0.15, 0.2) is 24.3 Å². The summed E-state index contributed by atoms with van der Waals surface area (Å²) in [5.74, 6) is -4.72. The van der Waals surface area contributed by atoms with E-state index in [4.69, 9.17) is 9.47 Å². The summed E-state index contributed by atoms with van der Waals surface area (Å²) in [6, 6.07) is 3.55. The van der Waals surface area contributed by atoms with Crippen LogP contribution >= 0.6 is 0 Å². The molecule has 1 aromatic carbocycles. The number of anilines is 1. The quantitative estimate of drug-likeness (QED) is 0.583. The second kappa shape index (κ2) is 7.26. The molecule has 2 aliphatic rings. The number of likely N-dealkylation sites (N-methyl/N-ethyl adjacent to an activating group) is 1. The monoisotopic (exact) mass is 428 g/mol. The minimum Gasteiger partial charge on any atom is -0.464 e. The minimum absolute atomic E-state index is 0.0929. The second-order valence-corrected chi connectivity index (χ2v) is 7.34. The Morgan fingerprint density at radius 1 is 1.13 bits per heavy atom. The van der Waals surface area contributed by atoms with Crippen molar-refractivity contribution in [1.29, 1.82) is 0 Å². The fourth-order valence-electron chi connectivity index (χ4n) is 4.76. The highest BCUT2D eigenvalue weighted by atomic mass is 19.4. The van der Waals surface area contributed by atoms with Crippen molar-refractivity contribution in [2.75, 3.05) is 25.2 Å². The molecule has 0 saturated carbocycles. The lowest BCUT2D eigenvalue weighted by molar-refractivity contribution is -0.175. The predicted molar refractivity (Wildman–Crippen MR) is 99.7 cm³/mol. The van der Waals surface area contributed by atoms with Gasteiger partial charge in [0.05, 0.1) is 13.2 Å². The third-order valence-electron chi connectivity index (χ3n) is 6.05. The molecule has 1 unspecified atom stereocenters. The number of benzene rings is 1. The van der Waals surface area contributed by atoms with Crippen molar-refractivity contribution >= 4 is 23.5 Å². The highest BCUT2D eigenvalue weighted by Gasteiger charge is 2.78. The Labute approximate surface area is 171 Å². The number of esters is 2. The first kappa shape index (κ1) is 22.1. The molecule has 2 heterocycles. The van der Waals surface area contributed by atoms with E-state index in [0.29, 0.717) is 0 Å². The third-order valence-corrected chi connectivity index (χ3v) is 6.05. The van der Waals surface area contributed by atoms with Crippen molar-refractivity contribution in [3.63, 3.8) is 0 Å². The number of amides is 1. The Bertz CT molecular complexity index is 869. The number of nitrogens with zero attached hydrogens (tertiary/aromatic N) is 1. The van der Waals surface area contributed by atoms with Gasteiger partial charge in [0.2, 0.25) is 11.4 Å². The van der Waals surface area contributed by atoms with Crippen molar-refractivity contribution < 1.29 is 37.0 Å². The summed E-state index contributed by atoms with van der Waals surface area (Å²) in [6.45, 7) is 3.89. The van der Waals surface area contributed by atoms with Crippen LogP contribution in [0.1, 0.15) is 26.3 Å².